The van der Waals surface area contributed by atoms with Gasteiger partial charge in [-0.25, -0.2) is 9.98 Å². The molecule has 0 amide bonds. The summed E-state index contributed by atoms with van der Waals surface area (Å²) in [6.45, 7) is 7.82. The van der Waals surface area contributed by atoms with Gasteiger partial charge in [0, 0.05) is 49.9 Å². The van der Waals surface area contributed by atoms with E-state index in [2.05, 4.69) is 59.6 Å². The molecule has 0 saturated carbocycles. The maximum atomic E-state index is 4.77. The quantitative estimate of drug-likeness (QED) is 0.334. The van der Waals surface area contributed by atoms with Crippen molar-refractivity contribution in [2.75, 3.05) is 31.6 Å². The number of fused-ring (bicyclic) bond motifs is 1. The van der Waals surface area contributed by atoms with Gasteiger partial charge in [-0.3, -0.25) is 0 Å². The number of hydrogen-bond acceptors (Lipinski definition) is 4. The summed E-state index contributed by atoms with van der Waals surface area (Å²) in [5.41, 5.74) is 4.09. The molecule has 1 aromatic carbocycles. The summed E-state index contributed by atoms with van der Waals surface area (Å²) in [4.78, 5) is 13.0. The minimum Gasteiger partial charge on any atom is -0.374 e. The van der Waals surface area contributed by atoms with E-state index >= 15 is 0 Å². The Morgan fingerprint density at radius 1 is 1.29 bits per heavy atom. The van der Waals surface area contributed by atoms with Crippen LogP contribution < -0.4 is 15.5 Å². The summed E-state index contributed by atoms with van der Waals surface area (Å²) < 4.78 is 0. The zero-order chi connectivity index (χ0) is 19.1. The Balaban J connectivity index is 0.00000280. The molecule has 0 bridgehead atoms. The average Bonchev–Trinajstić information content (AvgIpc) is 3.14. The van der Waals surface area contributed by atoms with E-state index in [4.69, 9.17) is 4.99 Å². The lowest BCUT2D eigenvalue weighted by atomic mass is 10.00. The zero-order valence-electron chi connectivity index (χ0n) is 17.1. The maximum absolute atomic E-state index is 4.77. The first-order valence-electron chi connectivity index (χ1n) is 9.98. The number of halogens is 1. The number of guanidine groups is 1. The number of thiazole rings is 1. The van der Waals surface area contributed by atoms with Crippen molar-refractivity contribution in [2.24, 2.45) is 4.99 Å². The summed E-state index contributed by atoms with van der Waals surface area (Å²) in [5, 5.41) is 7.96. The highest BCUT2D eigenvalue weighted by atomic mass is 127. The second-order valence-electron chi connectivity index (χ2n) is 6.93. The molecule has 2 N–H and O–H groups in total. The van der Waals surface area contributed by atoms with Crippen LogP contribution in [0.1, 0.15) is 41.3 Å². The average molecular weight is 513 g/mol. The predicted molar refractivity (Wildman–Crippen MR) is 131 cm³/mol. The van der Waals surface area contributed by atoms with E-state index in [-0.39, 0.29) is 24.0 Å². The van der Waals surface area contributed by atoms with Crippen LogP contribution in [-0.2, 0) is 25.8 Å². The predicted octanol–water partition coefficient (Wildman–Crippen LogP) is 4.00. The fraction of sp³-hybridized carbons (Fsp3) is 0.524. The molecule has 1 aliphatic heterocycles. The lowest BCUT2D eigenvalue weighted by molar-refractivity contribution is 0.742. The van der Waals surface area contributed by atoms with Crippen LogP contribution >= 0.6 is 35.3 Å². The Bertz CT molecular complexity index is 774. The molecule has 3 rings (SSSR count). The number of hydrogen-bond donors (Lipinski definition) is 2. The van der Waals surface area contributed by atoms with Crippen molar-refractivity contribution in [2.45, 2.75) is 46.1 Å². The van der Waals surface area contributed by atoms with E-state index in [1.54, 1.807) is 11.3 Å². The second-order valence-corrected chi connectivity index (χ2v) is 8.13. The first-order valence-corrected chi connectivity index (χ1v) is 10.8. The number of nitrogens with zero attached hydrogens (tertiary/aromatic N) is 3. The normalized spacial score (nSPS) is 13.7. The molecular formula is C21H32IN5S. The summed E-state index contributed by atoms with van der Waals surface area (Å²) >= 11 is 1.81. The Hall–Kier alpha value is -1.35. The van der Waals surface area contributed by atoms with Crippen molar-refractivity contribution in [1.82, 2.24) is 15.6 Å². The molecular weight excluding hydrogens is 481 g/mol. The molecule has 0 unspecified atom stereocenters. The van der Waals surface area contributed by atoms with Crippen LogP contribution in [0.25, 0.3) is 0 Å². The van der Waals surface area contributed by atoms with E-state index < -0.39 is 0 Å². The van der Waals surface area contributed by atoms with Gasteiger partial charge in [-0.15, -0.1) is 35.3 Å². The summed E-state index contributed by atoms with van der Waals surface area (Å²) in [6, 6.07) is 6.77. The Morgan fingerprint density at radius 3 is 2.89 bits per heavy atom. The van der Waals surface area contributed by atoms with Gasteiger partial charge in [0.15, 0.2) is 5.96 Å². The molecule has 0 spiro atoms. The Kier molecular flexibility index (Phi) is 9.50. The lowest BCUT2D eigenvalue weighted by Crippen LogP contribution is -2.38. The van der Waals surface area contributed by atoms with Crippen LogP contribution in [0.3, 0.4) is 0 Å². The Morgan fingerprint density at radius 2 is 2.14 bits per heavy atom. The number of anilines is 1. The number of aryl methyl sites for hydroxylation is 2. The molecule has 0 atom stereocenters. The molecule has 1 aromatic heterocycles. The monoisotopic (exact) mass is 513 g/mol. The third kappa shape index (κ3) is 6.34. The number of aliphatic imine (C=N–C) groups is 1. The molecule has 0 aliphatic carbocycles. The van der Waals surface area contributed by atoms with Crippen LogP contribution in [0, 0.1) is 0 Å². The van der Waals surface area contributed by atoms with Crippen molar-refractivity contribution in [3.8, 4) is 0 Å². The SMILES string of the molecule is CCNC(=NCc1ccc2c(c1)CCCN2C)NCCc1ncc(CC)s1.I. The van der Waals surface area contributed by atoms with Gasteiger partial charge in [0.25, 0.3) is 0 Å². The van der Waals surface area contributed by atoms with E-state index in [1.165, 1.54) is 39.5 Å². The van der Waals surface area contributed by atoms with Gasteiger partial charge in [0.1, 0.15) is 0 Å². The molecule has 7 heteroatoms. The molecule has 2 heterocycles. The molecule has 1 aliphatic rings. The van der Waals surface area contributed by atoms with Crippen LogP contribution in [0.4, 0.5) is 5.69 Å². The smallest absolute Gasteiger partial charge is 0.191 e. The summed E-state index contributed by atoms with van der Waals surface area (Å²) in [7, 11) is 2.18. The van der Waals surface area contributed by atoms with E-state index in [9.17, 15) is 0 Å². The topological polar surface area (TPSA) is 52.6 Å². The van der Waals surface area contributed by atoms with Gasteiger partial charge in [-0.2, -0.15) is 0 Å². The van der Waals surface area contributed by atoms with Gasteiger partial charge in [-0.1, -0.05) is 19.1 Å². The van der Waals surface area contributed by atoms with Gasteiger partial charge >= 0.3 is 0 Å². The first-order chi connectivity index (χ1) is 13.2. The third-order valence-corrected chi connectivity index (χ3v) is 6.04. The Labute approximate surface area is 190 Å². The molecule has 0 fully saturated rings. The third-order valence-electron chi connectivity index (χ3n) is 4.84. The van der Waals surface area contributed by atoms with E-state index in [0.29, 0.717) is 6.54 Å². The summed E-state index contributed by atoms with van der Waals surface area (Å²) in [5.74, 6) is 0.875. The van der Waals surface area contributed by atoms with Crippen LogP contribution in [0.5, 0.6) is 0 Å². The van der Waals surface area contributed by atoms with Crippen molar-refractivity contribution in [1.29, 1.82) is 0 Å². The molecule has 28 heavy (non-hydrogen) atoms. The van der Waals surface area contributed by atoms with E-state index in [1.807, 2.05) is 6.20 Å². The van der Waals surface area contributed by atoms with Crippen LogP contribution in [0.15, 0.2) is 29.4 Å². The van der Waals surface area contributed by atoms with Gasteiger partial charge in [-0.05, 0) is 43.4 Å². The fourth-order valence-corrected chi connectivity index (χ4v) is 4.23. The minimum absolute atomic E-state index is 0. The molecule has 0 radical (unpaired) electrons. The van der Waals surface area contributed by atoms with Crippen molar-refractivity contribution < 1.29 is 0 Å². The highest BCUT2D eigenvalue weighted by molar-refractivity contribution is 14.0. The van der Waals surface area contributed by atoms with Crippen LogP contribution in [0.2, 0.25) is 0 Å². The lowest BCUT2D eigenvalue weighted by Gasteiger charge is -2.27. The van der Waals surface area contributed by atoms with Gasteiger partial charge in [0.05, 0.1) is 11.6 Å². The standard InChI is InChI=1S/C21H31N5S.HI/c1-4-18-15-24-20(27-18)10-11-23-21(22-5-2)25-14-16-8-9-19-17(13-16)7-6-12-26(19)3;/h8-9,13,15H,4-7,10-12,14H2,1-3H3,(H2,22,23,25);1H. The van der Waals surface area contributed by atoms with Crippen molar-refractivity contribution >= 4 is 47.0 Å². The molecule has 5 nitrogen and oxygen atoms in total. The van der Waals surface area contributed by atoms with Crippen molar-refractivity contribution in [3.63, 3.8) is 0 Å². The highest BCUT2D eigenvalue weighted by Crippen LogP contribution is 2.26. The van der Waals surface area contributed by atoms with E-state index in [0.717, 1.165) is 38.4 Å². The second kappa shape index (κ2) is 11.6. The first kappa shape index (κ1) is 22.9. The highest BCUT2D eigenvalue weighted by Gasteiger charge is 2.13. The molecule has 154 valence electrons. The number of nitrogens with one attached hydrogen (secondary N) is 2. The number of benzene rings is 1. The zero-order valence-corrected chi connectivity index (χ0v) is 20.3. The van der Waals surface area contributed by atoms with Gasteiger partial charge < -0.3 is 15.5 Å². The minimum atomic E-state index is 0. The van der Waals surface area contributed by atoms with Gasteiger partial charge in [0.2, 0.25) is 0 Å². The fourth-order valence-electron chi connectivity index (χ4n) is 3.36. The summed E-state index contributed by atoms with van der Waals surface area (Å²) in [6.07, 6.45) is 6.39. The van der Waals surface area contributed by atoms with Crippen LogP contribution in [-0.4, -0.2) is 37.6 Å². The van der Waals surface area contributed by atoms with Crippen molar-refractivity contribution in [3.05, 3.63) is 45.4 Å². The maximum Gasteiger partial charge on any atom is 0.191 e. The molecule has 0 saturated heterocycles. The molecule has 2 aromatic rings. The number of rotatable bonds is 7. The largest absolute Gasteiger partial charge is 0.374 e. The number of aromatic nitrogens is 1.